The summed E-state index contributed by atoms with van der Waals surface area (Å²) >= 11 is 0. The summed E-state index contributed by atoms with van der Waals surface area (Å²) in [6.45, 7) is 7.84. The maximum atomic E-state index is 12.9. The summed E-state index contributed by atoms with van der Waals surface area (Å²) in [6.07, 6.45) is 1.81. The van der Waals surface area contributed by atoms with Gasteiger partial charge in [-0.25, -0.2) is 0 Å². The molecule has 0 unspecified atom stereocenters. The number of ether oxygens (including phenoxy) is 1. The molecule has 1 aromatic heterocycles. The first-order valence-corrected chi connectivity index (χ1v) is 11.8. The molecule has 4 rings (SSSR count). The van der Waals surface area contributed by atoms with Crippen molar-refractivity contribution in [1.29, 1.82) is 0 Å². The van der Waals surface area contributed by atoms with E-state index in [4.69, 9.17) is 4.74 Å². The Labute approximate surface area is 195 Å². The van der Waals surface area contributed by atoms with Gasteiger partial charge in [-0.05, 0) is 62.4 Å². The Morgan fingerprint density at radius 3 is 2.42 bits per heavy atom. The first-order valence-electron chi connectivity index (χ1n) is 11.8. The number of fused-ring (bicyclic) bond motifs is 1. The molecule has 2 heterocycles. The van der Waals surface area contributed by atoms with Gasteiger partial charge in [0.15, 0.2) is 0 Å². The summed E-state index contributed by atoms with van der Waals surface area (Å²) in [5.41, 5.74) is 2.65. The Kier molecular flexibility index (Phi) is 7.02. The van der Waals surface area contributed by atoms with Crippen LogP contribution in [0.5, 0.6) is 5.75 Å². The number of amides is 2. The zero-order valence-electron chi connectivity index (χ0n) is 19.6. The largest absolute Gasteiger partial charge is 0.491 e. The van der Waals surface area contributed by atoms with Crippen LogP contribution in [-0.4, -0.2) is 40.9 Å². The van der Waals surface area contributed by atoms with Gasteiger partial charge in [-0.2, -0.15) is 0 Å². The van der Waals surface area contributed by atoms with E-state index >= 15 is 0 Å². The summed E-state index contributed by atoms with van der Waals surface area (Å²) in [5, 5.41) is 4.11. The van der Waals surface area contributed by atoms with Crippen molar-refractivity contribution in [3.63, 3.8) is 0 Å². The summed E-state index contributed by atoms with van der Waals surface area (Å²) in [7, 11) is 0. The number of likely N-dealkylation sites (tertiary alicyclic amines) is 1. The third-order valence-electron chi connectivity index (χ3n) is 6.47. The molecular weight excluding hydrogens is 414 g/mol. The van der Waals surface area contributed by atoms with E-state index < -0.39 is 0 Å². The molecule has 1 saturated heterocycles. The maximum Gasteiger partial charge on any atom is 0.270 e. The Morgan fingerprint density at radius 2 is 1.76 bits per heavy atom. The van der Waals surface area contributed by atoms with Crippen molar-refractivity contribution in [1.82, 2.24) is 15.2 Å². The number of aromatic amines is 1. The molecule has 6 nitrogen and oxygen atoms in total. The van der Waals surface area contributed by atoms with Gasteiger partial charge in [0.1, 0.15) is 11.4 Å². The first kappa shape index (κ1) is 22.9. The van der Waals surface area contributed by atoms with Gasteiger partial charge in [-0.15, -0.1) is 0 Å². The lowest BCUT2D eigenvalue weighted by molar-refractivity contribution is -0.126. The minimum atomic E-state index is -0.0844. The van der Waals surface area contributed by atoms with E-state index in [0.29, 0.717) is 25.3 Å². The predicted octanol–water partition coefficient (Wildman–Crippen LogP) is 4.76. The second-order valence-electron chi connectivity index (χ2n) is 9.22. The molecule has 6 heteroatoms. The Bertz CT molecular complexity index is 1060. The van der Waals surface area contributed by atoms with Crippen molar-refractivity contribution in [2.24, 2.45) is 11.8 Å². The van der Waals surface area contributed by atoms with Crippen LogP contribution < -0.4 is 10.1 Å². The number of rotatable bonds is 7. The van der Waals surface area contributed by atoms with Crippen molar-refractivity contribution in [2.45, 2.75) is 46.3 Å². The minimum Gasteiger partial charge on any atom is -0.491 e. The third kappa shape index (κ3) is 5.56. The lowest BCUT2D eigenvalue weighted by Crippen LogP contribution is -2.42. The molecule has 0 saturated carbocycles. The van der Waals surface area contributed by atoms with Gasteiger partial charge < -0.3 is 19.9 Å². The number of carbonyl (C=O) groups excluding carboxylic acids is 2. The molecule has 1 fully saturated rings. The average molecular weight is 448 g/mol. The molecule has 33 heavy (non-hydrogen) atoms. The van der Waals surface area contributed by atoms with Crippen LogP contribution in [0.2, 0.25) is 0 Å². The number of para-hydroxylation sites is 1. The molecule has 0 spiro atoms. The van der Waals surface area contributed by atoms with Gasteiger partial charge in [0.2, 0.25) is 5.91 Å². The smallest absolute Gasteiger partial charge is 0.270 e. The topological polar surface area (TPSA) is 74.4 Å². The van der Waals surface area contributed by atoms with Gasteiger partial charge in [0.05, 0.1) is 6.10 Å². The van der Waals surface area contributed by atoms with E-state index in [1.54, 1.807) is 0 Å². The van der Waals surface area contributed by atoms with Gasteiger partial charge in [0, 0.05) is 36.5 Å². The maximum absolute atomic E-state index is 12.9. The van der Waals surface area contributed by atoms with Crippen LogP contribution in [-0.2, 0) is 11.3 Å². The number of carbonyl (C=O) groups is 2. The molecule has 0 bridgehead atoms. The lowest BCUT2D eigenvalue weighted by Gasteiger charge is -2.34. The van der Waals surface area contributed by atoms with Crippen molar-refractivity contribution >= 4 is 22.7 Å². The number of hydrogen-bond acceptors (Lipinski definition) is 3. The fourth-order valence-corrected chi connectivity index (χ4v) is 4.48. The van der Waals surface area contributed by atoms with Crippen LogP contribution in [0.15, 0.2) is 54.6 Å². The van der Waals surface area contributed by atoms with Crippen LogP contribution in [0, 0.1) is 11.8 Å². The summed E-state index contributed by atoms with van der Waals surface area (Å²) in [4.78, 5) is 30.8. The number of benzene rings is 2. The number of H-pyrrole nitrogens is 1. The standard InChI is InChI=1S/C27H33N3O3/c1-18(2)33-23-10-8-20(9-11-23)17-28-26(31)19(3)21-12-14-30(15-13-21)27(32)25-16-22-6-4-5-7-24(22)29-25/h4-11,16,18-19,21,29H,12-15,17H2,1-3H3,(H,28,31)/t19-/m0/s1. The SMILES string of the molecule is CC(C)Oc1ccc(CNC(=O)[C@@H](C)C2CCN(C(=O)c3cc4ccccc4[nH]3)CC2)cc1. The van der Waals surface area contributed by atoms with Crippen LogP contribution in [0.3, 0.4) is 0 Å². The zero-order chi connectivity index (χ0) is 23.4. The molecule has 2 amide bonds. The molecule has 0 aliphatic carbocycles. The van der Waals surface area contributed by atoms with E-state index in [9.17, 15) is 9.59 Å². The van der Waals surface area contributed by atoms with Crippen molar-refractivity contribution < 1.29 is 14.3 Å². The summed E-state index contributed by atoms with van der Waals surface area (Å²) in [6, 6.07) is 17.7. The molecule has 1 aliphatic heterocycles. The summed E-state index contributed by atoms with van der Waals surface area (Å²) < 4.78 is 5.66. The molecule has 2 N–H and O–H groups in total. The van der Waals surface area contributed by atoms with Gasteiger partial charge in [-0.3, -0.25) is 9.59 Å². The Morgan fingerprint density at radius 1 is 1.06 bits per heavy atom. The van der Waals surface area contributed by atoms with Crippen molar-refractivity contribution in [3.8, 4) is 5.75 Å². The van der Waals surface area contributed by atoms with E-state index in [1.165, 1.54) is 0 Å². The average Bonchev–Trinajstić information content (AvgIpc) is 3.26. The van der Waals surface area contributed by atoms with Gasteiger partial charge in [-0.1, -0.05) is 37.3 Å². The minimum absolute atomic E-state index is 0.0339. The molecule has 2 aromatic carbocycles. The lowest BCUT2D eigenvalue weighted by atomic mass is 9.84. The highest BCUT2D eigenvalue weighted by Crippen LogP contribution is 2.27. The number of piperidine rings is 1. The Hall–Kier alpha value is -3.28. The zero-order valence-corrected chi connectivity index (χ0v) is 19.6. The van der Waals surface area contributed by atoms with E-state index in [-0.39, 0.29) is 29.8 Å². The first-order chi connectivity index (χ1) is 15.9. The second kappa shape index (κ2) is 10.1. The highest BCUT2D eigenvalue weighted by molar-refractivity contribution is 5.98. The van der Waals surface area contributed by atoms with Gasteiger partial charge >= 0.3 is 0 Å². The quantitative estimate of drug-likeness (QED) is 0.548. The monoisotopic (exact) mass is 447 g/mol. The van der Waals surface area contributed by atoms with Crippen LogP contribution >= 0.6 is 0 Å². The normalized spacial score (nSPS) is 15.6. The number of nitrogens with zero attached hydrogens (tertiary/aromatic N) is 1. The number of hydrogen-bond donors (Lipinski definition) is 2. The highest BCUT2D eigenvalue weighted by atomic mass is 16.5. The third-order valence-corrected chi connectivity index (χ3v) is 6.47. The van der Waals surface area contributed by atoms with Crippen molar-refractivity contribution in [3.05, 3.63) is 65.9 Å². The van der Waals surface area contributed by atoms with E-state index in [1.807, 2.05) is 80.3 Å². The predicted molar refractivity (Wildman–Crippen MR) is 130 cm³/mol. The molecule has 3 aromatic rings. The highest BCUT2D eigenvalue weighted by Gasteiger charge is 2.30. The van der Waals surface area contributed by atoms with E-state index in [0.717, 1.165) is 35.1 Å². The fraction of sp³-hybridized carbons (Fsp3) is 0.407. The van der Waals surface area contributed by atoms with Crippen LogP contribution in [0.1, 0.15) is 49.7 Å². The summed E-state index contributed by atoms with van der Waals surface area (Å²) in [5.74, 6) is 1.13. The number of aromatic nitrogens is 1. The second-order valence-corrected chi connectivity index (χ2v) is 9.22. The van der Waals surface area contributed by atoms with Gasteiger partial charge in [0.25, 0.3) is 5.91 Å². The van der Waals surface area contributed by atoms with Crippen LogP contribution in [0.25, 0.3) is 10.9 Å². The molecule has 1 aliphatic rings. The molecule has 0 radical (unpaired) electrons. The number of nitrogens with one attached hydrogen (secondary N) is 2. The Balaban J connectivity index is 1.25. The fourth-order valence-electron chi connectivity index (χ4n) is 4.48. The van der Waals surface area contributed by atoms with Crippen molar-refractivity contribution in [2.75, 3.05) is 13.1 Å². The van der Waals surface area contributed by atoms with E-state index in [2.05, 4.69) is 10.3 Å². The molecule has 1 atom stereocenters. The van der Waals surface area contributed by atoms with Crippen LogP contribution in [0.4, 0.5) is 0 Å². The molecular formula is C27H33N3O3. The molecule has 174 valence electrons.